The van der Waals surface area contributed by atoms with Crippen LogP contribution in [0.25, 0.3) is 0 Å². The summed E-state index contributed by atoms with van der Waals surface area (Å²) in [5.74, 6) is 1.58. The average Bonchev–Trinajstić information content (AvgIpc) is 2.08. The summed E-state index contributed by atoms with van der Waals surface area (Å²) in [5, 5.41) is 4.10. The normalized spacial score (nSPS) is 12.1. The number of rotatable bonds is 1. The molecule has 0 aromatic carbocycles. The lowest BCUT2D eigenvalue weighted by Gasteiger charge is -2.16. The molecule has 0 unspecified atom stereocenters. The molecule has 0 aliphatic carbocycles. The van der Waals surface area contributed by atoms with E-state index in [0.717, 1.165) is 11.6 Å². The Morgan fingerprint density at radius 3 is 2.18 bits per heavy atom. The van der Waals surface area contributed by atoms with Gasteiger partial charge in [0.15, 0.2) is 0 Å². The molecule has 1 aromatic rings. The fourth-order valence-electron chi connectivity index (χ4n) is 1.07. The van der Waals surface area contributed by atoms with E-state index in [9.17, 15) is 0 Å². The van der Waals surface area contributed by atoms with Crippen LogP contribution in [-0.2, 0) is 12.6 Å². The summed E-state index contributed by atoms with van der Waals surface area (Å²) < 4.78 is 1.72. The summed E-state index contributed by atoms with van der Waals surface area (Å²) in [4.78, 5) is 4.21. The zero-order chi connectivity index (χ0) is 8.65. The Balaban J connectivity index is 3.13. The minimum absolute atomic E-state index is 0.407. The van der Waals surface area contributed by atoms with E-state index in [1.54, 1.807) is 4.68 Å². The molecular weight excluding hydrogens is 140 g/mol. The van der Waals surface area contributed by atoms with Gasteiger partial charge in [-0.2, -0.15) is 5.10 Å². The van der Waals surface area contributed by atoms with E-state index in [1.807, 2.05) is 27.8 Å². The first-order chi connectivity index (χ1) is 4.91. The quantitative estimate of drug-likeness (QED) is 0.633. The molecule has 1 aromatic heterocycles. The second-order valence-electron chi connectivity index (χ2n) is 3.33. The molecule has 0 saturated heterocycles. The first kappa shape index (κ1) is 8.20. The Labute approximate surface area is 66.4 Å². The maximum absolute atomic E-state index is 5.85. The van der Waals surface area contributed by atoms with E-state index in [2.05, 4.69) is 10.1 Å². The van der Waals surface area contributed by atoms with Crippen LogP contribution in [0, 0.1) is 6.92 Å². The van der Waals surface area contributed by atoms with E-state index in [-0.39, 0.29) is 0 Å². The smallest absolute Gasteiger partial charge is 0.147 e. The lowest BCUT2D eigenvalue weighted by molar-refractivity contribution is 0.481. The van der Waals surface area contributed by atoms with Gasteiger partial charge in [0.1, 0.15) is 11.6 Å². The minimum Gasteiger partial charge on any atom is -0.319 e. The highest BCUT2D eigenvalue weighted by atomic mass is 15.3. The van der Waals surface area contributed by atoms with Crippen molar-refractivity contribution in [3.05, 3.63) is 11.6 Å². The molecule has 0 aliphatic heterocycles. The highest BCUT2D eigenvalue weighted by Gasteiger charge is 2.20. The number of nitrogens with two attached hydrogens (primary N) is 1. The number of hydrogen-bond donors (Lipinski definition) is 1. The predicted molar refractivity (Wildman–Crippen MR) is 43.0 cm³/mol. The molecule has 4 heteroatoms. The van der Waals surface area contributed by atoms with Gasteiger partial charge in [0.2, 0.25) is 0 Å². The maximum Gasteiger partial charge on any atom is 0.147 e. The molecule has 2 N–H and O–H groups in total. The van der Waals surface area contributed by atoms with E-state index < -0.39 is 5.54 Å². The lowest BCUT2D eigenvalue weighted by Crippen LogP contribution is -2.32. The molecule has 0 aliphatic rings. The van der Waals surface area contributed by atoms with Crippen molar-refractivity contribution in [1.29, 1.82) is 0 Å². The first-order valence-corrected chi connectivity index (χ1v) is 3.58. The van der Waals surface area contributed by atoms with Crippen LogP contribution >= 0.6 is 0 Å². The van der Waals surface area contributed by atoms with Crippen LogP contribution < -0.4 is 5.73 Å². The third kappa shape index (κ3) is 1.57. The summed E-state index contributed by atoms with van der Waals surface area (Å²) in [6.07, 6.45) is 0. The molecule has 0 bridgehead atoms. The van der Waals surface area contributed by atoms with E-state index in [1.165, 1.54) is 0 Å². The predicted octanol–water partition coefficient (Wildman–Crippen LogP) is 0.317. The minimum atomic E-state index is -0.407. The summed E-state index contributed by atoms with van der Waals surface area (Å²) >= 11 is 0. The molecule has 1 rings (SSSR count). The van der Waals surface area contributed by atoms with Crippen molar-refractivity contribution >= 4 is 0 Å². The van der Waals surface area contributed by atoms with Crippen molar-refractivity contribution in [3.63, 3.8) is 0 Å². The monoisotopic (exact) mass is 154 g/mol. The van der Waals surface area contributed by atoms with Crippen molar-refractivity contribution in [2.45, 2.75) is 26.3 Å². The molecule has 0 spiro atoms. The van der Waals surface area contributed by atoms with Crippen LogP contribution in [-0.4, -0.2) is 14.8 Å². The van der Waals surface area contributed by atoms with Gasteiger partial charge in [-0.05, 0) is 20.8 Å². The zero-order valence-electron chi connectivity index (χ0n) is 7.42. The SMILES string of the molecule is Cc1nc(C(C)(C)N)n(C)n1. The summed E-state index contributed by atoms with van der Waals surface area (Å²) in [5.41, 5.74) is 5.44. The molecule has 0 saturated carbocycles. The fraction of sp³-hybridized carbons (Fsp3) is 0.714. The third-order valence-corrected chi connectivity index (χ3v) is 1.45. The number of aromatic nitrogens is 3. The van der Waals surface area contributed by atoms with Gasteiger partial charge < -0.3 is 5.73 Å². The van der Waals surface area contributed by atoms with Crippen LogP contribution in [0.15, 0.2) is 0 Å². The average molecular weight is 154 g/mol. The largest absolute Gasteiger partial charge is 0.319 e. The van der Waals surface area contributed by atoms with Gasteiger partial charge >= 0.3 is 0 Å². The topological polar surface area (TPSA) is 56.7 Å². The number of nitrogens with zero attached hydrogens (tertiary/aromatic N) is 3. The van der Waals surface area contributed by atoms with Gasteiger partial charge in [0, 0.05) is 7.05 Å². The number of hydrogen-bond acceptors (Lipinski definition) is 3. The molecule has 11 heavy (non-hydrogen) atoms. The van der Waals surface area contributed by atoms with Crippen molar-refractivity contribution < 1.29 is 0 Å². The molecule has 0 atom stereocenters. The van der Waals surface area contributed by atoms with Crippen LogP contribution in [0.1, 0.15) is 25.5 Å². The fourth-order valence-corrected chi connectivity index (χ4v) is 1.07. The molecule has 0 amide bonds. The Morgan fingerprint density at radius 2 is 2.00 bits per heavy atom. The Bertz CT molecular complexity index is 256. The van der Waals surface area contributed by atoms with Crippen LogP contribution in [0.3, 0.4) is 0 Å². The molecule has 0 radical (unpaired) electrons. The Hall–Kier alpha value is -0.900. The molecule has 4 nitrogen and oxygen atoms in total. The van der Waals surface area contributed by atoms with Crippen LogP contribution in [0.5, 0.6) is 0 Å². The summed E-state index contributed by atoms with van der Waals surface area (Å²) in [6, 6.07) is 0. The van der Waals surface area contributed by atoms with Crippen molar-refractivity contribution in [2.24, 2.45) is 12.8 Å². The van der Waals surface area contributed by atoms with Crippen molar-refractivity contribution in [2.75, 3.05) is 0 Å². The maximum atomic E-state index is 5.85. The second kappa shape index (κ2) is 2.30. The molecule has 1 heterocycles. The van der Waals surface area contributed by atoms with Gasteiger partial charge in [-0.1, -0.05) is 0 Å². The third-order valence-electron chi connectivity index (χ3n) is 1.45. The summed E-state index contributed by atoms with van der Waals surface area (Å²) in [6.45, 7) is 5.68. The first-order valence-electron chi connectivity index (χ1n) is 3.58. The van der Waals surface area contributed by atoms with Gasteiger partial charge in [-0.15, -0.1) is 0 Å². The Morgan fingerprint density at radius 1 is 1.45 bits per heavy atom. The second-order valence-corrected chi connectivity index (χ2v) is 3.33. The highest BCUT2D eigenvalue weighted by Crippen LogP contribution is 2.12. The van der Waals surface area contributed by atoms with Gasteiger partial charge in [0.05, 0.1) is 5.54 Å². The summed E-state index contributed by atoms with van der Waals surface area (Å²) in [7, 11) is 1.85. The molecule has 0 fully saturated rings. The van der Waals surface area contributed by atoms with E-state index >= 15 is 0 Å². The van der Waals surface area contributed by atoms with Crippen LogP contribution in [0.2, 0.25) is 0 Å². The van der Waals surface area contributed by atoms with Crippen molar-refractivity contribution in [1.82, 2.24) is 14.8 Å². The standard InChI is InChI=1S/C7H14N4/c1-5-9-6(7(2,3)8)11(4)10-5/h8H2,1-4H3. The zero-order valence-corrected chi connectivity index (χ0v) is 7.42. The molecular formula is C7H14N4. The van der Waals surface area contributed by atoms with E-state index in [0.29, 0.717) is 0 Å². The highest BCUT2D eigenvalue weighted by molar-refractivity contribution is 5.02. The number of aryl methyl sites for hydroxylation is 2. The Kier molecular flexibility index (Phi) is 1.72. The van der Waals surface area contributed by atoms with Gasteiger partial charge in [-0.25, -0.2) is 4.98 Å². The van der Waals surface area contributed by atoms with Gasteiger partial charge in [-0.3, -0.25) is 4.68 Å². The van der Waals surface area contributed by atoms with Crippen LogP contribution in [0.4, 0.5) is 0 Å². The molecule has 62 valence electrons. The lowest BCUT2D eigenvalue weighted by atomic mass is 10.1. The van der Waals surface area contributed by atoms with E-state index in [4.69, 9.17) is 5.73 Å². The van der Waals surface area contributed by atoms with Crippen molar-refractivity contribution in [3.8, 4) is 0 Å². The van der Waals surface area contributed by atoms with Gasteiger partial charge in [0.25, 0.3) is 0 Å².